The quantitative estimate of drug-likeness (QED) is 0.682. The Morgan fingerprint density at radius 2 is 2.04 bits per heavy atom. The fourth-order valence-electron chi connectivity index (χ4n) is 3.09. The fraction of sp³-hybridized carbons (Fsp3) is 0.278. The van der Waals surface area contributed by atoms with Gasteiger partial charge in [-0.3, -0.25) is 14.9 Å². The summed E-state index contributed by atoms with van der Waals surface area (Å²) in [4.78, 5) is 24.8. The number of carbonyl (C=O) groups is 1. The number of nitro groups is 1. The molecule has 0 saturated carbocycles. The molecule has 1 aliphatic rings. The third-order valence-corrected chi connectivity index (χ3v) is 4.43. The van der Waals surface area contributed by atoms with E-state index in [1.54, 1.807) is 19.2 Å². The zero-order valence-electron chi connectivity index (χ0n) is 14.1. The number of rotatable bonds is 4. The van der Waals surface area contributed by atoms with Crippen LogP contribution in [0.15, 0.2) is 36.4 Å². The largest absolute Gasteiger partial charge is 0.497 e. The summed E-state index contributed by atoms with van der Waals surface area (Å²) < 4.78 is 5.27. The van der Waals surface area contributed by atoms with Gasteiger partial charge < -0.3 is 15.0 Å². The van der Waals surface area contributed by atoms with Gasteiger partial charge in [0.1, 0.15) is 11.4 Å². The maximum absolute atomic E-state index is 11.7. The molecule has 3 rings (SSSR count). The molecule has 130 valence electrons. The molecule has 1 amide bonds. The molecule has 7 heteroatoms. The van der Waals surface area contributed by atoms with Crippen molar-refractivity contribution < 1.29 is 14.5 Å². The number of hydrogen-bond acceptors (Lipinski definition) is 5. The zero-order valence-corrected chi connectivity index (χ0v) is 14.1. The van der Waals surface area contributed by atoms with Crippen LogP contribution in [0.3, 0.4) is 0 Å². The van der Waals surface area contributed by atoms with Crippen molar-refractivity contribution in [1.29, 1.82) is 0 Å². The fourth-order valence-corrected chi connectivity index (χ4v) is 3.09. The number of anilines is 1. The number of carbonyl (C=O) groups excluding carboxylic acids is 1. The maximum Gasteiger partial charge on any atom is 0.293 e. The molecule has 2 aromatic carbocycles. The number of amides is 1. The maximum atomic E-state index is 11.7. The number of benzene rings is 2. The second-order valence-corrected chi connectivity index (χ2v) is 5.85. The molecule has 0 unspecified atom stereocenters. The van der Waals surface area contributed by atoms with Crippen LogP contribution >= 0.6 is 0 Å². The summed E-state index contributed by atoms with van der Waals surface area (Å²) in [7, 11) is 3.11. The predicted molar refractivity (Wildman–Crippen MR) is 94.2 cm³/mol. The molecule has 0 aliphatic carbocycles. The molecule has 0 saturated heterocycles. The summed E-state index contributed by atoms with van der Waals surface area (Å²) in [5.41, 5.74) is 3.05. The summed E-state index contributed by atoms with van der Waals surface area (Å²) in [6.07, 6.45) is 0.799. The van der Waals surface area contributed by atoms with Crippen LogP contribution in [-0.4, -0.2) is 31.5 Å². The summed E-state index contributed by atoms with van der Waals surface area (Å²) in [5.74, 6) is 0.424. The Bertz CT molecular complexity index is 835. The average Bonchev–Trinajstić information content (AvgIpc) is 2.65. The lowest BCUT2D eigenvalue weighted by atomic mass is 9.98. The van der Waals surface area contributed by atoms with Crippen molar-refractivity contribution in [2.75, 3.05) is 25.6 Å². The summed E-state index contributed by atoms with van der Waals surface area (Å²) >= 11 is 0. The Kier molecular flexibility index (Phi) is 4.56. The molecule has 0 radical (unpaired) electrons. The second-order valence-electron chi connectivity index (χ2n) is 5.85. The lowest BCUT2D eigenvalue weighted by Gasteiger charge is -2.30. The Morgan fingerprint density at radius 1 is 1.24 bits per heavy atom. The highest BCUT2D eigenvalue weighted by molar-refractivity contribution is 5.95. The van der Waals surface area contributed by atoms with Gasteiger partial charge in [-0.05, 0) is 41.8 Å². The summed E-state index contributed by atoms with van der Waals surface area (Å²) in [6, 6.07) is 10.5. The van der Waals surface area contributed by atoms with E-state index in [2.05, 4.69) is 5.32 Å². The SMILES string of the molecule is CNC(=O)c1ccc(N2CCc3ccc(OC)cc3C2)c([N+](=O)[O-])c1. The molecule has 0 spiro atoms. The lowest BCUT2D eigenvalue weighted by Crippen LogP contribution is -2.31. The van der Waals surface area contributed by atoms with Crippen LogP contribution in [0.2, 0.25) is 0 Å². The number of fused-ring (bicyclic) bond motifs is 1. The molecule has 1 N–H and O–H groups in total. The second kappa shape index (κ2) is 6.80. The summed E-state index contributed by atoms with van der Waals surface area (Å²) in [6.45, 7) is 1.24. The van der Waals surface area contributed by atoms with Crippen molar-refractivity contribution in [2.45, 2.75) is 13.0 Å². The number of nitrogens with zero attached hydrogens (tertiary/aromatic N) is 2. The third-order valence-electron chi connectivity index (χ3n) is 4.43. The minimum atomic E-state index is -0.442. The van der Waals surface area contributed by atoms with E-state index in [0.717, 1.165) is 17.7 Å². The van der Waals surface area contributed by atoms with E-state index in [9.17, 15) is 14.9 Å². The molecule has 2 aromatic rings. The van der Waals surface area contributed by atoms with Crippen LogP contribution in [0.1, 0.15) is 21.5 Å². The zero-order chi connectivity index (χ0) is 18.0. The Labute approximate surface area is 145 Å². The molecular weight excluding hydrogens is 322 g/mol. The van der Waals surface area contributed by atoms with Crippen molar-refractivity contribution in [3.05, 3.63) is 63.2 Å². The van der Waals surface area contributed by atoms with Gasteiger partial charge in [0.25, 0.3) is 11.6 Å². The van der Waals surface area contributed by atoms with Gasteiger partial charge >= 0.3 is 0 Å². The molecular formula is C18H19N3O4. The molecule has 0 fully saturated rings. The van der Waals surface area contributed by atoms with Crippen LogP contribution in [0.25, 0.3) is 0 Å². The average molecular weight is 341 g/mol. The molecule has 0 atom stereocenters. The van der Waals surface area contributed by atoms with Crippen molar-refractivity contribution in [3.8, 4) is 5.75 Å². The topological polar surface area (TPSA) is 84.7 Å². The molecule has 0 aromatic heterocycles. The van der Waals surface area contributed by atoms with E-state index < -0.39 is 4.92 Å². The molecule has 25 heavy (non-hydrogen) atoms. The molecule has 1 heterocycles. The highest BCUT2D eigenvalue weighted by atomic mass is 16.6. The van der Waals surface area contributed by atoms with Gasteiger partial charge in [-0.2, -0.15) is 0 Å². The van der Waals surface area contributed by atoms with E-state index in [1.807, 2.05) is 23.1 Å². The number of methoxy groups -OCH3 is 1. The van der Waals surface area contributed by atoms with Crippen LogP contribution < -0.4 is 15.0 Å². The van der Waals surface area contributed by atoms with Gasteiger partial charge in [0.2, 0.25) is 0 Å². The minimum absolute atomic E-state index is 0.0625. The Hall–Kier alpha value is -3.09. The van der Waals surface area contributed by atoms with E-state index in [4.69, 9.17) is 4.74 Å². The normalized spacial score (nSPS) is 13.1. The first-order valence-corrected chi connectivity index (χ1v) is 7.94. The molecule has 7 nitrogen and oxygen atoms in total. The number of nitrogens with one attached hydrogen (secondary N) is 1. The van der Waals surface area contributed by atoms with Crippen LogP contribution in [0.5, 0.6) is 5.75 Å². The first-order valence-electron chi connectivity index (χ1n) is 7.94. The lowest BCUT2D eigenvalue weighted by molar-refractivity contribution is -0.384. The number of ether oxygens (including phenoxy) is 1. The Morgan fingerprint density at radius 3 is 2.72 bits per heavy atom. The van der Waals surface area contributed by atoms with E-state index in [1.165, 1.54) is 18.7 Å². The van der Waals surface area contributed by atoms with Crippen molar-refractivity contribution in [3.63, 3.8) is 0 Å². The first-order chi connectivity index (χ1) is 12.0. The predicted octanol–water partition coefficient (Wildman–Crippen LogP) is 2.53. The minimum Gasteiger partial charge on any atom is -0.497 e. The van der Waals surface area contributed by atoms with Gasteiger partial charge in [-0.15, -0.1) is 0 Å². The van der Waals surface area contributed by atoms with Crippen LogP contribution in [-0.2, 0) is 13.0 Å². The highest BCUT2D eigenvalue weighted by Gasteiger charge is 2.25. The van der Waals surface area contributed by atoms with Crippen molar-refractivity contribution in [1.82, 2.24) is 5.32 Å². The van der Waals surface area contributed by atoms with Gasteiger partial charge in [-0.25, -0.2) is 0 Å². The van der Waals surface area contributed by atoms with Crippen molar-refractivity contribution >= 4 is 17.3 Å². The van der Waals surface area contributed by atoms with Gasteiger partial charge in [0.15, 0.2) is 0 Å². The van der Waals surface area contributed by atoms with Gasteiger partial charge in [0.05, 0.1) is 12.0 Å². The first kappa shape index (κ1) is 16.8. The number of nitro benzene ring substituents is 1. The van der Waals surface area contributed by atoms with E-state index >= 15 is 0 Å². The standard InChI is InChI=1S/C18H19N3O4/c1-19-18(22)13-4-6-16(17(10-13)21(23)24)20-8-7-12-3-5-15(25-2)9-14(12)11-20/h3-6,9-10H,7-8,11H2,1-2H3,(H,19,22). The van der Waals surface area contributed by atoms with Gasteiger partial charge in [-0.1, -0.05) is 6.07 Å². The highest BCUT2D eigenvalue weighted by Crippen LogP contribution is 2.33. The van der Waals surface area contributed by atoms with Crippen molar-refractivity contribution in [2.24, 2.45) is 0 Å². The Balaban J connectivity index is 1.96. The smallest absolute Gasteiger partial charge is 0.293 e. The van der Waals surface area contributed by atoms with E-state index in [-0.39, 0.29) is 17.2 Å². The molecule has 0 bridgehead atoms. The van der Waals surface area contributed by atoms with Gasteiger partial charge in [0, 0.05) is 31.8 Å². The molecule has 1 aliphatic heterocycles. The summed E-state index contributed by atoms with van der Waals surface area (Å²) in [5, 5.41) is 14.0. The van der Waals surface area contributed by atoms with Crippen LogP contribution in [0, 0.1) is 10.1 Å². The monoisotopic (exact) mass is 341 g/mol. The third kappa shape index (κ3) is 3.26. The van der Waals surface area contributed by atoms with E-state index in [0.29, 0.717) is 18.8 Å². The number of hydrogen-bond donors (Lipinski definition) is 1. The van der Waals surface area contributed by atoms with Crippen LogP contribution in [0.4, 0.5) is 11.4 Å².